The van der Waals surface area contributed by atoms with Gasteiger partial charge in [-0.1, -0.05) is 12.1 Å². The molecule has 1 aliphatic carbocycles. The number of rotatable bonds is 4. The van der Waals surface area contributed by atoms with Gasteiger partial charge in [-0.15, -0.1) is 0 Å². The Morgan fingerprint density at radius 3 is 2.31 bits per heavy atom. The lowest BCUT2D eigenvalue weighted by molar-refractivity contribution is -0.192. The van der Waals surface area contributed by atoms with Crippen LogP contribution in [0.5, 0.6) is 0 Å². The lowest BCUT2D eigenvalue weighted by Gasteiger charge is -2.41. The second-order valence-electron chi connectivity index (χ2n) is 7.19. The fourth-order valence-corrected chi connectivity index (χ4v) is 3.26. The van der Waals surface area contributed by atoms with E-state index in [1.165, 1.54) is 0 Å². The lowest BCUT2D eigenvalue weighted by Crippen LogP contribution is -2.55. The highest BCUT2D eigenvalue weighted by atomic mass is 19.4. The van der Waals surface area contributed by atoms with Crippen molar-refractivity contribution in [1.29, 1.82) is 0 Å². The van der Waals surface area contributed by atoms with Crippen molar-refractivity contribution >= 4 is 23.5 Å². The molecule has 5 N–H and O–H groups in total. The van der Waals surface area contributed by atoms with Crippen LogP contribution >= 0.6 is 0 Å². The summed E-state index contributed by atoms with van der Waals surface area (Å²) in [4.78, 5) is 31.9. The summed E-state index contributed by atoms with van der Waals surface area (Å²) in [6, 6.07) is 5.58. The summed E-state index contributed by atoms with van der Waals surface area (Å²) in [6.07, 6.45) is -4.07. The van der Waals surface area contributed by atoms with Crippen LogP contribution in [-0.4, -0.2) is 57.5 Å². The first-order valence-electron chi connectivity index (χ1n) is 8.70. The predicted molar refractivity (Wildman–Crippen MR) is 94.3 cm³/mol. The number of nitrogens with one attached hydrogen (secondary N) is 2. The molecule has 29 heavy (non-hydrogen) atoms. The van der Waals surface area contributed by atoms with Gasteiger partial charge in [-0.3, -0.25) is 9.59 Å². The van der Waals surface area contributed by atoms with Crippen molar-refractivity contribution in [3.05, 3.63) is 29.3 Å². The van der Waals surface area contributed by atoms with Crippen molar-refractivity contribution in [2.75, 3.05) is 11.9 Å². The first-order chi connectivity index (χ1) is 13.3. The molecule has 1 unspecified atom stereocenters. The Morgan fingerprint density at radius 2 is 1.83 bits per heavy atom. The number of aliphatic hydroxyl groups is 1. The van der Waals surface area contributed by atoms with Gasteiger partial charge in [-0.25, -0.2) is 4.79 Å². The second-order valence-corrected chi connectivity index (χ2v) is 7.19. The maximum atomic E-state index is 12.2. The predicted octanol–water partition coefficient (Wildman–Crippen LogP) is 1.31. The first-order valence-corrected chi connectivity index (χ1v) is 8.70. The fourth-order valence-electron chi connectivity index (χ4n) is 3.26. The summed E-state index contributed by atoms with van der Waals surface area (Å²) in [5, 5.41) is 32.0. The summed E-state index contributed by atoms with van der Waals surface area (Å²) >= 11 is 0. The fraction of sp³-hybridized carbons (Fsp3) is 0.500. The van der Waals surface area contributed by atoms with Gasteiger partial charge < -0.3 is 26.0 Å². The average molecular weight is 418 g/mol. The largest absolute Gasteiger partial charge is 0.490 e. The molecule has 0 saturated heterocycles. The maximum absolute atomic E-state index is 12.2. The van der Waals surface area contributed by atoms with E-state index in [1.807, 2.05) is 25.1 Å². The van der Waals surface area contributed by atoms with E-state index in [0.29, 0.717) is 6.42 Å². The Bertz CT molecular complexity index is 805. The van der Waals surface area contributed by atoms with E-state index in [1.54, 1.807) is 0 Å². The number of aliphatic carboxylic acids is 2. The number of hydrogen-bond acceptors (Lipinski definition) is 5. The van der Waals surface area contributed by atoms with Gasteiger partial charge in [0.2, 0.25) is 5.91 Å². The van der Waals surface area contributed by atoms with Crippen molar-refractivity contribution in [2.45, 2.75) is 44.0 Å². The normalized spacial score (nSPS) is 24.9. The van der Waals surface area contributed by atoms with Crippen molar-refractivity contribution in [2.24, 2.45) is 5.92 Å². The van der Waals surface area contributed by atoms with Gasteiger partial charge in [0.1, 0.15) is 6.04 Å². The zero-order chi connectivity index (χ0) is 22.0. The van der Waals surface area contributed by atoms with E-state index in [-0.39, 0.29) is 31.3 Å². The topological polar surface area (TPSA) is 136 Å². The molecule has 2 aliphatic rings. The number of benzene rings is 1. The SMILES string of the molecule is Cc1cccc2c1CC(C(=O)NCC1(O)CC(C(=O)O)C1)N2.O=C(O)C(F)(F)F. The van der Waals surface area contributed by atoms with Crippen molar-refractivity contribution in [3.8, 4) is 0 Å². The molecule has 3 rings (SSSR count). The minimum Gasteiger partial charge on any atom is -0.481 e. The monoisotopic (exact) mass is 418 g/mol. The number of anilines is 1. The van der Waals surface area contributed by atoms with Crippen LogP contribution in [0.4, 0.5) is 18.9 Å². The van der Waals surface area contributed by atoms with Crippen LogP contribution in [-0.2, 0) is 20.8 Å². The molecule has 0 bridgehead atoms. The smallest absolute Gasteiger partial charge is 0.481 e. The lowest BCUT2D eigenvalue weighted by atomic mass is 9.71. The number of carbonyl (C=O) groups excluding carboxylic acids is 1. The van der Waals surface area contributed by atoms with Crippen LogP contribution in [0.25, 0.3) is 0 Å². The van der Waals surface area contributed by atoms with Crippen LogP contribution in [0.3, 0.4) is 0 Å². The van der Waals surface area contributed by atoms with Gasteiger partial charge in [0.25, 0.3) is 0 Å². The molecule has 1 aromatic rings. The number of fused-ring (bicyclic) bond motifs is 1. The summed E-state index contributed by atoms with van der Waals surface area (Å²) in [5.41, 5.74) is 2.20. The van der Waals surface area contributed by atoms with E-state index >= 15 is 0 Å². The number of hydrogen-bond donors (Lipinski definition) is 5. The highest BCUT2D eigenvalue weighted by Gasteiger charge is 2.46. The number of aryl methyl sites for hydroxylation is 1. The molecule has 1 amide bonds. The minimum atomic E-state index is -5.08. The molecule has 11 heteroatoms. The zero-order valence-electron chi connectivity index (χ0n) is 15.4. The number of halogens is 3. The first kappa shape index (κ1) is 22.5. The van der Waals surface area contributed by atoms with Gasteiger partial charge in [0.05, 0.1) is 11.5 Å². The van der Waals surface area contributed by atoms with Crippen molar-refractivity contribution < 1.29 is 42.9 Å². The second kappa shape index (κ2) is 8.27. The van der Waals surface area contributed by atoms with E-state index in [4.69, 9.17) is 15.0 Å². The van der Waals surface area contributed by atoms with Gasteiger partial charge >= 0.3 is 18.1 Å². The highest BCUT2D eigenvalue weighted by Crippen LogP contribution is 2.37. The number of carbonyl (C=O) groups is 3. The average Bonchev–Trinajstić information content (AvgIpc) is 3.02. The van der Waals surface area contributed by atoms with E-state index < -0.39 is 29.6 Å². The molecule has 1 heterocycles. The third kappa shape index (κ3) is 5.59. The Hall–Kier alpha value is -2.82. The van der Waals surface area contributed by atoms with Crippen molar-refractivity contribution in [1.82, 2.24) is 5.32 Å². The third-order valence-corrected chi connectivity index (χ3v) is 4.90. The molecule has 1 saturated carbocycles. The summed E-state index contributed by atoms with van der Waals surface area (Å²) in [5.74, 6) is -4.31. The Kier molecular flexibility index (Phi) is 6.41. The number of carboxylic acids is 2. The third-order valence-electron chi connectivity index (χ3n) is 4.90. The zero-order valence-corrected chi connectivity index (χ0v) is 15.4. The van der Waals surface area contributed by atoms with E-state index in [2.05, 4.69) is 10.6 Å². The standard InChI is InChI=1S/C16H20N2O4.C2HF3O2/c1-9-3-2-4-12-11(9)5-13(18-12)14(19)17-8-16(22)6-10(7-16)15(20)21;3-2(4,5)1(6)7/h2-4,10,13,18,22H,5-8H2,1H3,(H,17,19)(H,20,21);(H,6,7). The molecule has 1 aliphatic heterocycles. The Labute approximate surface area is 163 Å². The van der Waals surface area contributed by atoms with Crippen LogP contribution in [0.15, 0.2) is 18.2 Å². The van der Waals surface area contributed by atoms with E-state index in [9.17, 15) is 27.9 Å². The molecule has 0 aromatic heterocycles. The highest BCUT2D eigenvalue weighted by molar-refractivity contribution is 5.87. The Morgan fingerprint density at radius 1 is 1.24 bits per heavy atom. The molecule has 0 radical (unpaired) electrons. The van der Waals surface area contributed by atoms with Crippen LogP contribution < -0.4 is 10.6 Å². The minimum absolute atomic E-state index is 0.100. The molecule has 1 atom stereocenters. The number of alkyl halides is 3. The molecular weight excluding hydrogens is 397 g/mol. The summed E-state index contributed by atoms with van der Waals surface area (Å²) in [6.45, 7) is 2.12. The molecule has 0 spiro atoms. The van der Waals surface area contributed by atoms with Gasteiger partial charge in [0.15, 0.2) is 0 Å². The Balaban J connectivity index is 0.000000370. The maximum Gasteiger partial charge on any atom is 0.490 e. The molecular formula is C18H21F3N2O6. The molecule has 8 nitrogen and oxygen atoms in total. The van der Waals surface area contributed by atoms with Crippen molar-refractivity contribution in [3.63, 3.8) is 0 Å². The molecule has 1 aromatic carbocycles. The summed E-state index contributed by atoms with van der Waals surface area (Å²) in [7, 11) is 0. The number of amides is 1. The van der Waals surface area contributed by atoms with Gasteiger partial charge in [-0.2, -0.15) is 13.2 Å². The molecule has 1 fully saturated rings. The van der Waals surface area contributed by atoms with Crippen LogP contribution in [0, 0.1) is 12.8 Å². The van der Waals surface area contributed by atoms with Crippen LogP contribution in [0.2, 0.25) is 0 Å². The van der Waals surface area contributed by atoms with Gasteiger partial charge in [-0.05, 0) is 37.0 Å². The van der Waals surface area contributed by atoms with Gasteiger partial charge in [0, 0.05) is 18.7 Å². The quantitative estimate of drug-likeness (QED) is 0.497. The number of carboxylic acid groups (broad SMARTS) is 2. The molecule has 160 valence electrons. The van der Waals surface area contributed by atoms with Crippen LogP contribution in [0.1, 0.15) is 24.0 Å². The summed E-state index contributed by atoms with van der Waals surface area (Å²) < 4.78 is 31.7. The van der Waals surface area contributed by atoms with E-state index in [0.717, 1.165) is 16.8 Å².